The van der Waals surface area contributed by atoms with E-state index in [9.17, 15) is 14.4 Å². The number of hydrogen-bond acceptors (Lipinski definition) is 7. The Kier molecular flexibility index (Phi) is 11.0. The third-order valence-electron chi connectivity index (χ3n) is 6.18. The molecule has 9 heteroatoms. The number of ether oxygens (including phenoxy) is 1. The van der Waals surface area contributed by atoms with Crippen LogP contribution in [0, 0.1) is 0 Å². The summed E-state index contributed by atoms with van der Waals surface area (Å²) in [5.74, 6) is -1.25. The fourth-order valence-corrected chi connectivity index (χ4v) is 5.11. The van der Waals surface area contributed by atoms with Crippen LogP contribution in [0.4, 0.5) is 5.69 Å². The number of amides is 2. The van der Waals surface area contributed by atoms with E-state index in [1.165, 1.54) is 0 Å². The number of carbonyl (C=O) groups is 3. The lowest BCUT2D eigenvalue weighted by molar-refractivity contribution is 0.0526. The Morgan fingerprint density at radius 2 is 1.44 bits per heavy atom. The third-order valence-corrected chi connectivity index (χ3v) is 7.32. The van der Waals surface area contributed by atoms with Crippen LogP contribution in [0.15, 0.2) is 117 Å². The van der Waals surface area contributed by atoms with Crippen molar-refractivity contribution in [3.05, 3.63) is 125 Å². The second-order valence-corrected chi connectivity index (χ2v) is 10.2. The predicted molar refractivity (Wildman–Crippen MR) is 171 cm³/mol. The van der Waals surface area contributed by atoms with E-state index in [0.29, 0.717) is 29.0 Å². The van der Waals surface area contributed by atoms with Gasteiger partial charge in [0.15, 0.2) is 0 Å². The van der Waals surface area contributed by atoms with E-state index >= 15 is 0 Å². The SMILES string of the molecule is CC=NCC.CCOC(=O)c1ccc(C2=Nc3cc(C(=O)NNC(=O)c4ccccc4)ccc3Sc3ccccc32)cc1. The number of carbonyl (C=O) groups excluding carboxylic acids is 3. The van der Waals surface area contributed by atoms with Crippen molar-refractivity contribution in [2.24, 2.45) is 9.98 Å². The van der Waals surface area contributed by atoms with Gasteiger partial charge in [-0.15, -0.1) is 0 Å². The van der Waals surface area contributed by atoms with Gasteiger partial charge < -0.3 is 4.74 Å². The molecule has 0 aromatic heterocycles. The van der Waals surface area contributed by atoms with Crippen molar-refractivity contribution in [2.45, 2.75) is 30.6 Å². The van der Waals surface area contributed by atoms with Gasteiger partial charge in [0.25, 0.3) is 11.8 Å². The molecule has 0 saturated carbocycles. The highest BCUT2D eigenvalue weighted by Crippen LogP contribution is 2.41. The molecule has 4 aromatic carbocycles. The maximum absolute atomic E-state index is 12.9. The molecule has 4 aromatic rings. The minimum absolute atomic E-state index is 0.306. The van der Waals surface area contributed by atoms with Crippen LogP contribution in [-0.4, -0.2) is 42.9 Å². The number of nitrogens with one attached hydrogen (secondary N) is 2. The van der Waals surface area contributed by atoms with Crippen molar-refractivity contribution >= 4 is 47.2 Å². The smallest absolute Gasteiger partial charge is 0.338 e. The Bertz CT molecular complexity index is 1650. The third kappa shape index (κ3) is 8.05. The van der Waals surface area contributed by atoms with Crippen LogP contribution in [0.3, 0.4) is 0 Å². The Balaban J connectivity index is 0.000000782. The Labute approximate surface area is 255 Å². The van der Waals surface area contributed by atoms with Crippen LogP contribution in [-0.2, 0) is 4.74 Å². The largest absolute Gasteiger partial charge is 0.462 e. The zero-order valence-corrected chi connectivity index (χ0v) is 25.0. The topological polar surface area (TPSA) is 109 Å². The fourth-order valence-electron chi connectivity index (χ4n) is 4.11. The van der Waals surface area contributed by atoms with E-state index in [2.05, 4.69) is 15.8 Å². The van der Waals surface area contributed by atoms with E-state index < -0.39 is 11.8 Å². The second kappa shape index (κ2) is 15.3. The number of rotatable bonds is 6. The van der Waals surface area contributed by atoms with Crippen molar-refractivity contribution in [3.63, 3.8) is 0 Å². The van der Waals surface area contributed by atoms with Crippen molar-refractivity contribution in [1.82, 2.24) is 10.9 Å². The van der Waals surface area contributed by atoms with Gasteiger partial charge in [-0.25, -0.2) is 9.79 Å². The number of benzene rings is 4. The first-order valence-corrected chi connectivity index (χ1v) is 14.6. The van der Waals surface area contributed by atoms with E-state index in [0.717, 1.165) is 33.2 Å². The highest BCUT2D eigenvalue weighted by atomic mass is 32.2. The zero-order chi connectivity index (χ0) is 30.6. The summed E-state index contributed by atoms with van der Waals surface area (Å²) in [6, 6.07) is 28.9. The van der Waals surface area contributed by atoms with Gasteiger partial charge in [0.2, 0.25) is 0 Å². The monoisotopic (exact) mass is 592 g/mol. The van der Waals surface area contributed by atoms with Crippen LogP contribution < -0.4 is 10.9 Å². The van der Waals surface area contributed by atoms with E-state index in [1.807, 2.05) is 62.4 Å². The van der Waals surface area contributed by atoms with Gasteiger partial charge in [-0.3, -0.25) is 25.4 Å². The first-order valence-electron chi connectivity index (χ1n) is 13.8. The molecule has 0 radical (unpaired) electrons. The lowest BCUT2D eigenvalue weighted by atomic mass is 10.0. The standard InChI is InChI=1S/C30H23N3O4S.C4H9N/c1-2-37-30(36)21-14-12-19(13-15-21)27-23-10-6-7-11-25(23)38-26-17-16-22(18-24(26)31-27)29(35)33-32-28(34)20-8-4-3-5-9-20;1-3-5-4-2/h3-18H,2H2,1H3,(H,32,34)(H,33,35);3H,4H2,1-2H3. The molecule has 1 heterocycles. The Morgan fingerprint density at radius 1 is 0.791 bits per heavy atom. The number of esters is 1. The molecule has 0 fully saturated rings. The van der Waals surface area contributed by atoms with E-state index in [4.69, 9.17) is 9.73 Å². The maximum atomic E-state index is 12.9. The van der Waals surface area contributed by atoms with Gasteiger partial charge in [-0.1, -0.05) is 60.3 Å². The van der Waals surface area contributed by atoms with Gasteiger partial charge in [0.05, 0.1) is 23.6 Å². The average Bonchev–Trinajstić information content (AvgIpc) is 3.21. The molecule has 8 nitrogen and oxygen atoms in total. The number of fused-ring (bicyclic) bond motifs is 2. The van der Waals surface area contributed by atoms with Crippen LogP contribution >= 0.6 is 11.8 Å². The minimum Gasteiger partial charge on any atom is -0.462 e. The molecular weight excluding hydrogens is 560 g/mol. The first kappa shape index (κ1) is 30.9. The van der Waals surface area contributed by atoms with Crippen LogP contribution in [0.2, 0.25) is 0 Å². The molecule has 0 atom stereocenters. The summed E-state index contributed by atoms with van der Waals surface area (Å²) in [6.07, 6.45) is 1.81. The van der Waals surface area contributed by atoms with Crippen LogP contribution in [0.25, 0.3) is 0 Å². The van der Waals surface area contributed by atoms with Gasteiger partial charge in [0.1, 0.15) is 0 Å². The van der Waals surface area contributed by atoms with Gasteiger partial charge in [0, 0.05) is 38.6 Å². The van der Waals surface area contributed by atoms with Gasteiger partial charge >= 0.3 is 5.97 Å². The molecule has 218 valence electrons. The van der Waals surface area contributed by atoms with Crippen molar-refractivity contribution in [1.29, 1.82) is 0 Å². The summed E-state index contributed by atoms with van der Waals surface area (Å²) < 4.78 is 5.09. The fraction of sp³-hybridized carbons (Fsp3) is 0.147. The molecule has 0 saturated heterocycles. The predicted octanol–water partition coefficient (Wildman–Crippen LogP) is 6.67. The Hall–Kier alpha value is -5.02. The quantitative estimate of drug-likeness (QED) is 0.130. The molecule has 2 N–H and O–H groups in total. The molecule has 0 aliphatic carbocycles. The molecule has 0 spiro atoms. The summed E-state index contributed by atoms with van der Waals surface area (Å²) in [5.41, 5.74) is 9.27. The Morgan fingerprint density at radius 3 is 2.09 bits per heavy atom. The highest BCUT2D eigenvalue weighted by Gasteiger charge is 2.20. The molecule has 1 aliphatic heterocycles. The lowest BCUT2D eigenvalue weighted by Gasteiger charge is -2.10. The summed E-state index contributed by atoms with van der Waals surface area (Å²) in [5, 5.41) is 0. The molecule has 0 unspecified atom stereocenters. The van der Waals surface area contributed by atoms with E-state index in [1.54, 1.807) is 73.4 Å². The average molecular weight is 593 g/mol. The molecule has 1 aliphatic rings. The number of hydrazine groups is 1. The summed E-state index contributed by atoms with van der Waals surface area (Å²) >= 11 is 1.56. The number of nitrogens with zero attached hydrogens (tertiary/aromatic N) is 2. The molecular formula is C34H32N4O4S. The molecule has 2 amide bonds. The number of hydrogen-bond donors (Lipinski definition) is 2. The van der Waals surface area contributed by atoms with E-state index in [-0.39, 0.29) is 5.97 Å². The summed E-state index contributed by atoms with van der Waals surface area (Å²) in [7, 11) is 0. The lowest BCUT2D eigenvalue weighted by Crippen LogP contribution is -2.41. The summed E-state index contributed by atoms with van der Waals surface area (Å²) in [4.78, 5) is 48.0. The van der Waals surface area contributed by atoms with Crippen LogP contribution in [0.1, 0.15) is 63.0 Å². The second-order valence-electron chi connectivity index (χ2n) is 9.07. The van der Waals surface area contributed by atoms with Crippen molar-refractivity contribution in [2.75, 3.05) is 13.2 Å². The zero-order valence-electron chi connectivity index (χ0n) is 24.2. The van der Waals surface area contributed by atoms with Crippen molar-refractivity contribution < 1.29 is 19.1 Å². The van der Waals surface area contributed by atoms with Crippen LogP contribution in [0.5, 0.6) is 0 Å². The maximum Gasteiger partial charge on any atom is 0.338 e. The first-order chi connectivity index (χ1) is 20.9. The summed E-state index contributed by atoms with van der Waals surface area (Å²) in [6.45, 7) is 6.92. The van der Waals surface area contributed by atoms with Gasteiger partial charge in [-0.05, 0) is 75.5 Å². The highest BCUT2D eigenvalue weighted by molar-refractivity contribution is 7.99. The molecule has 0 bridgehead atoms. The van der Waals surface area contributed by atoms with Crippen molar-refractivity contribution in [3.8, 4) is 0 Å². The normalized spacial score (nSPS) is 11.6. The van der Waals surface area contributed by atoms with Gasteiger partial charge in [-0.2, -0.15) is 0 Å². The number of aliphatic imine (C=N–C) groups is 2. The molecule has 5 rings (SSSR count). The molecule has 43 heavy (non-hydrogen) atoms. The minimum atomic E-state index is -0.459.